The number of methoxy groups -OCH3 is 1. The Hall–Kier alpha value is -0.650. The first-order valence-electron chi connectivity index (χ1n) is 7.85. The standard InChI is InChI=1S/C16H26N2O2S/c1-10-5-6-18(9-13(10)20-4)15-17-11-7-16(2,3)8-12(19)14(11)21-15/h10,12-13,19H,5-9H2,1-4H3. The number of piperidine rings is 1. The van der Waals surface area contributed by atoms with Crippen molar-refractivity contribution in [3.63, 3.8) is 0 Å². The predicted molar refractivity (Wildman–Crippen MR) is 86.0 cm³/mol. The third-order valence-electron chi connectivity index (χ3n) is 4.87. The maximum Gasteiger partial charge on any atom is 0.185 e. The van der Waals surface area contributed by atoms with E-state index >= 15 is 0 Å². The number of nitrogens with zero attached hydrogens (tertiary/aromatic N) is 2. The molecule has 2 heterocycles. The summed E-state index contributed by atoms with van der Waals surface area (Å²) in [5, 5.41) is 11.4. The highest BCUT2D eigenvalue weighted by molar-refractivity contribution is 7.15. The minimum Gasteiger partial charge on any atom is -0.387 e. The van der Waals surface area contributed by atoms with Gasteiger partial charge in [0.05, 0.1) is 22.8 Å². The Morgan fingerprint density at radius 1 is 1.43 bits per heavy atom. The third-order valence-corrected chi connectivity index (χ3v) is 6.13. The van der Waals surface area contributed by atoms with Crippen molar-refractivity contribution in [3.05, 3.63) is 10.6 Å². The molecule has 0 amide bonds. The molecule has 2 aliphatic rings. The molecule has 1 aromatic heterocycles. The summed E-state index contributed by atoms with van der Waals surface area (Å²) in [4.78, 5) is 8.25. The average Bonchev–Trinajstić information content (AvgIpc) is 2.82. The minimum atomic E-state index is -0.350. The third kappa shape index (κ3) is 2.96. The van der Waals surface area contributed by atoms with Gasteiger partial charge in [0.15, 0.2) is 5.13 Å². The number of thiazole rings is 1. The molecule has 118 valence electrons. The molecule has 1 aromatic rings. The summed E-state index contributed by atoms with van der Waals surface area (Å²) in [6.07, 6.45) is 2.86. The van der Waals surface area contributed by atoms with Gasteiger partial charge in [-0.3, -0.25) is 0 Å². The van der Waals surface area contributed by atoms with E-state index in [4.69, 9.17) is 9.72 Å². The van der Waals surface area contributed by atoms with Gasteiger partial charge in [-0.05, 0) is 30.6 Å². The number of aliphatic hydroxyl groups is 1. The first-order chi connectivity index (χ1) is 9.89. The second kappa shape index (κ2) is 5.52. The predicted octanol–water partition coefficient (Wildman–Crippen LogP) is 3.01. The van der Waals surface area contributed by atoms with E-state index in [0.29, 0.717) is 5.92 Å². The molecule has 1 aliphatic heterocycles. The molecule has 21 heavy (non-hydrogen) atoms. The van der Waals surface area contributed by atoms with E-state index < -0.39 is 0 Å². The smallest absolute Gasteiger partial charge is 0.185 e. The fourth-order valence-corrected chi connectivity index (χ4v) is 4.63. The Morgan fingerprint density at radius 3 is 2.90 bits per heavy atom. The van der Waals surface area contributed by atoms with Gasteiger partial charge in [0.2, 0.25) is 0 Å². The number of aromatic nitrogens is 1. The summed E-state index contributed by atoms with van der Waals surface area (Å²) in [6.45, 7) is 8.62. The van der Waals surface area contributed by atoms with Crippen LogP contribution in [0.1, 0.15) is 50.3 Å². The molecule has 3 unspecified atom stereocenters. The van der Waals surface area contributed by atoms with Crippen molar-refractivity contribution in [2.75, 3.05) is 25.1 Å². The highest BCUT2D eigenvalue weighted by Gasteiger charge is 2.35. The summed E-state index contributed by atoms with van der Waals surface area (Å²) in [6, 6.07) is 0. The number of aliphatic hydroxyl groups excluding tert-OH is 1. The van der Waals surface area contributed by atoms with Gasteiger partial charge < -0.3 is 14.7 Å². The van der Waals surface area contributed by atoms with E-state index in [-0.39, 0.29) is 17.6 Å². The fraction of sp³-hybridized carbons (Fsp3) is 0.812. The molecule has 3 atom stereocenters. The highest BCUT2D eigenvalue weighted by atomic mass is 32.1. The number of fused-ring (bicyclic) bond motifs is 1. The molecule has 5 heteroatoms. The lowest BCUT2D eigenvalue weighted by atomic mass is 9.77. The van der Waals surface area contributed by atoms with Gasteiger partial charge in [-0.15, -0.1) is 0 Å². The van der Waals surface area contributed by atoms with Gasteiger partial charge in [-0.2, -0.15) is 0 Å². The van der Waals surface area contributed by atoms with Crippen LogP contribution < -0.4 is 4.90 Å². The van der Waals surface area contributed by atoms with Crippen molar-refractivity contribution in [1.82, 2.24) is 4.98 Å². The molecular weight excluding hydrogens is 284 g/mol. The number of hydrogen-bond donors (Lipinski definition) is 1. The largest absolute Gasteiger partial charge is 0.387 e. The van der Waals surface area contributed by atoms with Crippen LogP contribution in [0.5, 0.6) is 0 Å². The molecular formula is C16H26N2O2S. The van der Waals surface area contributed by atoms with Crippen molar-refractivity contribution >= 4 is 16.5 Å². The van der Waals surface area contributed by atoms with Crippen LogP contribution in [-0.4, -0.2) is 36.4 Å². The molecule has 1 fully saturated rings. The highest BCUT2D eigenvalue weighted by Crippen LogP contribution is 2.45. The second-order valence-electron chi connectivity index (χ2n) is 7.35. The molecule has 1 aliphatic carbocycles. The van der Waals surface area contributed by atoms with Gasteiger partial charge in [0.25, 0.3) is 0 Å². The Kier molecular flexibility index (Phi) is 4.01. The van der Waals surface area contributed by atoms with Gasteiger partial charge in [0, 0.05) is 20.2 Å². The van der Waals surface area contributed by atoms with Crippen molar-refractivity contribution < 1.29 is 9.84 Å². The van der Waals surface area contributed by atoms with Gasteiger partial charge in [-0.25, -0.2) is 4.98 Å². The maximum atomic E-state index is 10.4. The first-order valence-corrected chi connectivity index (χ1v) is 8.66. The molecule has 1 N–H and O–H groups in total. The molecule has 0 radical (unpaired) electrons. The normalized spacial score (nSPS) is 32.0. The van der Waals surface area contributed by atoms with Crippen LogP contribution in [0.3, 0.4) is 0 Å². The molecule has 0 spiro atoms. The lowest BCUT2D eigenvalue weighted by Gasteiger charge is -2.36. The monoisotopic (exact) mass is 310 g/mol. The van der Waals surface area contributed by atoms with E-state index in [2.05, 4.69) is 25.7 Å². The summed E-state index contributed by atoms with van der Waals surface area (Å²) >= 11 is 1.67. The topological polar surface area (TPSA) is 45.6 Å². The van der Waals surface area contributed by atoms with Crippen LogP contribution in [0, 0.1) is 11.3 Å². The van der Waals surface area contributed by atoms with Gasteiger partial charge in [-0.1, -0.05) is 32.1 Å². The van der Waals surface area contributed by atoms with E-state index in [1.165, 1.54) is 0 Å². The van der Waals surface area contributed by atoms with Crippen LogP contribution in [0.15, 0.2) is 0 Å². The van der Waals surface area contributed by atoms with Crippen LogP contribution >= 0.6 is 11.3 Å². The van der Waals surface area contributed by atoms with Crippen molar-refractivity contribution in [2.45, 2.75) is 52.2 Å². The summed E-state index contributed by atoms with van der Waals surface area (Å²) in [5.74, 6) is 0.602. The lowest BCUT2D eigenvalue weighted by molar-refractivity contribution is 0.0498. The molecule has 0 saturated carbocycles. The maximum absolute atomic E-state index is 10.4. The first kappa shape index (κ1) is 15.3. The Morgan fingerprint density at radius 2 is 2.19 bits per heavy atom. The zero-order chi connectivity index (χ0) is 15.2. The summed E-state index contributed by atoms with van der Waals surface area (Å²) in [7, 11) is 1.80. The second-order valence-corrected chi connectivity index (χ2v) is 8.36. The van der Waals surface area contributed by atoms with Crippen LogP contribution in [0.2, 0.25) is 0 Å². The van der Waals surface area contributed by atoms with Crippen LogP contribution in [0.25, 0.3) is 0 Å². The van der Waals surface area contributed by atoms with E-state index in [9.17, 15) is 5.11 Å². The van der Waals surface area contributed by atoms with Gasteiger partial charge in [0.1, 0.15) is 0 Å². The summed E-state index contributed by atoms with van der Waals surface area (Å²) < 4.78 is 5.60. The Bertz CT molecular complexity index is 514. The number of hydrogen-bond acceptors (Lipinski definition) is 5. The van der Waals surface area contributed by atoms with Crippen LogP contribution in [0.4, 0.5) is 5.13 Å². The average molecular weight is 310 g/mol. The van der Waals surface area contributed by atoms with Crippen molar-refractivity contribution in [1.29, 1.82) is 0 Å². The van der Waals surface area contributed by atoms with Gasteiger partial charge >= 0.3 is 0 Å². The Labute approximate surface area is 131 Å². The SMILES string of the molecule is COC1CN(c2nc3c(s2)C(O)CC(C)(C)C3)CCC1C. The zero-order valence-corrected chi connectivity index (χ0v) is 14.2. The van der Waals surface area contributed by atoms with Crippen LogP contribution in [-0.2, 0) is 11.2 Å². The Balaban J connectivity index is 1.82. The number of rotatable bonds is 2. The summed E-state index contributed by atoms with van der Waals surface area (Å²) in [5.41, 5.74) is 1.25. The fourth-order valence-electron chi connectivity index (χ4n) is 3.53. The molecule has 4 nitrogen and oxygen atoms in total. The molecule has 0 bridgehead atoms. The zero-order valence-electron chi connectivity index (χ0n) is 13.4. The van der Waals surface area contributed by atoms with E-state index in [0.717, 1.165) is 48.1 Å². The molecule has 3 rings (SSSR count). The number of anilines is 1. The van der Waals surface area contributed by atoms with E-state index in [1.54, 1.807) is 18.4 Å². The minimum absolute atomic E-state index is 0.142. The van der Waals surface area contributed by atoms with Crippen molar-refractivity contribution in [2.24, 2.45) is 11.3 Å². The van der Waals surface area contributed by atoms with Crippen molar-refractivity contribution in [3.8, 4) is 0 Å². The quantitative estimate of drug-likeness (QED) is 0.912. The lowest BCUT2D eigenvalue weighted by Crippen LogP contribution is -2.43. The molecule has 1 saturated heterocycles. The van der Waals surface area contributed by atoms with E-state index in [1.807, 2.05) is 0 Å². The number of ether oxygens (including phenoxy) is 1. The molecule has 0 aromatic carbocycles.